The van der Waals surface area contributed by atoms with Gasteiger partial charge in [0.05, 0.1) is 0 Å². The lowest BCUT2D eigenvalue weighted by atomic mass is 10.1. The minimum Gasteiger partial charge on any atom is -0.481 e. The molecule has 5 nitrogen and oxygen atoms in total. The Balaban J connectivity index is 1.65. The molecule has 0 fully saturated rings. The van der Waals surface area contributed by atoms with Crippen molar-refractivity contribution in [3.63, 3.8) is 0 Å². The Labute approximate surface area is 141 Å². The summed E-state index contributed by atoms with van der Waals surface area (Å²) in [7, 11) is 0. The van der Waals surface area contributed by atoms with Crippen LogP contribution in [-0.4, -0.2) is 18.8 Å². The number of amides is 1. The van der Waals surface area contributed by atoms with Crippen molar-refractivity contribution in [1.82, 2.24) is 0 Å². The standard InChI is InChI=1S/C19H21NO4/c1-3-13-5-8-15(9-6-13)24-16(4-2)19(21)20-14-7-10-17-18(11-14)23-12-22-17/h5-11,16H,3-4,12H2,1-2H3,(H,20,21)/t16-/m1/s1. The molecule has 2 aromatic rings. The van der Waals surface area contributed by atoms with Gasteiger partial charge in [-0.05, 0) is 42.7 Å². The van der Waals surface area contributed by atoms with E-state index in [2.05, 4.69) is 12.2 Å². The van der Waals surface area contributed by atoms with E-state index in [1.165, 1.54) is 5.56 Å². The van der Waals surface area contributed by atoms with Crippen LogP contribution >= 0.6 is 0 Å². The first-order valence-electron chi connectivity index (χ1n) is 8.15. The number of anilines is 1. The maximum Gasteiger partial charge on any atom is 0.265 e. The molecule has 0 unspecified atom stereocenters. The van der Waals surface area contributed by atoms with Crippen LogP contribution in [0.4, 0.5) is 5.69 Å². The number of nitrogens with one attached hydrogen (secondary N) is 1. The number of carbonyl (C=O) groups excluding carboxylic acids is 1. The molecular weight excluding hydrogens is 306 g/mol. The summed E-state index contributed by atoms with van der Waals surface area (Å²) in [5, 5.41) is 2.87. The van der Waals surface area contributed by atoms with Crippen molar-refractivity contribution in [2.45, 2.75) is 32.8 Å². The Kier molecular flexibility index (Phi) is 4.89. The van der Waals surface area contributed by atoms with Gasteiger partial charge in [-0.25, -0.2) is 0 Å². The van der Waals surface area contributed by atoms with E-state index < -0.39 is 6.10 Å². The average Bonchev–Trinajstić information content (AvgIpc) is 3.07. The lowest BCUT2D eigenvalue weighted by molar-refractivity contribution is -0.122. The lowest BCUT2D eigenvalue weighted by Crippen LogP contribution is -2.32. The fraction of sp³-hybridized carbons (Fsp3) is 0.316. The zero-order valence-electron chi connectivity index (χ0n) is 13.9. The van der Waals surface area contributed by atoms with Gasteiger partial charge in [0.2, 0.25) is 6.79 Å². The molecule has 1 aliphatic heterocycles. The molecule has 1 aliphatic rings. The average molecular weight is 327 g/mol. The highest BCUT2D eigenvalue weighted by molar-refractivity contribution is 5.94. The molecule has 1 heterocycles. The van der Waals surface area contributed by atoms with Crippen LogP contribution < -0.4 is 19.5 Å². The zero-order chi connectivity index (χ0) is 16.9. The Morgan fingerprint density at radius 2 is 1.88 bits per heavy atom. The number of fused-ring (bicyclic) bond motifs is 1. The van der Waals surface area contributed by atoms with E-state index >= 15 is 0 Å². The van der Waals surface area contributed by atoms with E-state index in [4.69, 9.17) is 14.2 Å². The van der Waals surface area contributed by atoms with Crippen molar-refractivity contribution in [2.24, 2.45) is 0 Å². The smallest absolute Gasteiger partial charge is 0.265 e. The van der Waals surface area contributed by atoms with Crippen LogP contribution in [0, 0.1) is 0 Å². The maximum absolute atomic E-state index is 12.5. The summed E-state index contributed by atoms with van der Waals surface area (Å²) in [6, 6.07) is 13.1. The van der Waals surface area contributed by atoms with Crippen LogP contribution in [-0.2, 0) is 11.2 Å². The third kappa shape index (κ3) is 3.62. The quantitative estimate of drug-likeness (QED) is 0.877. The van der Waals surface area contributed by atoms with Gasteiger partial charge in [0.1, 0.15) is 5.75 Å². The minimum atomic E-state index is -0.553. The summed E-state index contributed by atoms with van der Waals surface area (Å²) in [5.74, 6) is 1.83. The number of carbonyl (C=O) groups is 1. The molecule has 1 N–H and O–H groups in total. The summed E-state index contributed by atoms with van der Waals surface area (Å²) in [6.45, 7) is 4.23. The summed E-state index contributed by atoms with van der Waals surface area (Å²) in [5.41, 5.74) is 1.90. The van der Waals surface area contributed by atoms with Gasteiger partial charge in [-0.3, -0.25) is 4.79 Å². The molecule has 0 saturated heterocycles. The third-order valence-corrected chi connectivity index (χ3v) is 3.91. The molecule has 3 rings (SSSR count). The predicted octanol–water partition coefficient (Wildman–Crippen LogP) is 3.77. The normalized spacial score (nSPS) is 13.4. The van der Waals surface area contributed by atoms with Gasteiger partial charge in [0, 0.05) is 11.8 Å². The predicted molar refractivity (Wildman–Crippen MR) is 91.7 cm³/mol. The fourth-order valence-corrected chi connectivity index (χ4v) is 2.49. The van der Waals surface area contributed by atoms with E-state index in [1.807, 2.05) is 31.2 Å². The molecule has 1 amide bonds. The van der Waals surface area contributed by atoms with Crippen LogP contribution in [0.1, 0.15) is 25.8 Å². The number of hydrogen-bond acceptors (Lipinski definition) is 4. The number of rotatable bonds is 6. The summed E-state index contributed by atoms with van der Waals surface area (Å²) in [4.78, 5) is 12.5. The second-order valence-corrected chi connectivity index (χ2v) is 5.57. The fourth-order valence-electron chi connectivity index (χ4n) is 2.49. The van der Waals surface area contributed by atoms with E-state index in [9.17, 15) is 4.79 Å². The Morgan fingerprint density at radius 3 is 2.58 bits per heavy atom. The number of ether oxygens (including phenoxy) is 3. The van der Waals surface area contributed by atoms with Gasteiger partial charge in [-0.1, -0.05) is 26.0 Å². The van der Waals surface area contributed by atoms with Gasteiger partial charge in [-0.15, -0.1) is 0 Å². The van der Waals surface area contributed by atoms with Crippen molar-refractivity contribution in [3.8, 4) is 17.2 Å². The molecule has 0 saturated carbocycles. The molecule has 0 radical (unpaired) electrons. The molecule has 0 spiro atoms. The molecule has 2 aromatic carbocycles. The number of benzene rings is 2. The second-order valence-electron chi connectivity index (χ2n) is 5.57. The van der Waals surface area contributed by atoms with E-state index in [0.29, 0.717) is 29.4 Å². The largest absolute Gasteiger partial charge is 0.481 e. The van der Waals surface area contributed by atoms with Crippen molar-refractivity contribution >= 4 is 11.6 Å². The second kappa shape index (κ2) is 7.25. The first-order valence-corrected chi connectivity index (χ1v) is 8.15. The van der Waals surface area contributed by atoms with Gasteiger partial charge >= 0.3 is 0 Å². The first kappa shape index (κ1) is 16.2. The van der Waals surface area contributed by atoms with Crippen molar-refractivity contribution < 1.29 is 19.0 Å². The molecule has 24 heavy (non-hydrogen) atoms. The minimum absolute atomic E-state index is 0.184. The number of aryl methyl sites for hydroxylation is 1. The van der Waals surface area contributed by atoms with Crippen LogP contribution in [0.5, 0.6) is 17.2 Å². The van der Waals surface area contributed by atoms with E-state index in [-0.39, 0.29) is 12.7 Å². The third-order valence-electron chi connectivity index (χ3n) is 3.91. The van der Waals surface area contributed by atoms with Crippen LogP contribution in [0.2, 0.25) is 0 Å². The van der Waals surface area contributed by atoms with Crippen LogP contribution in [0.15, 0.2) is 42.5 Å². The Morgan fingerprint density at radius 1 is 1.12 bits per heavy atom. The van der Waals surface area contributed by atoms with E-state index in [0.717, 1.165) is 6.42 Å². The molecule has 126 valence electrons. The molecule has 0 bridgehead atoms. The number of hydrogen-bond donors (Lipinski definition) is 1. The van der Waals surface area contributed by atoms with Crippen molar-refractivity contribution in [3.05, 3.63) is 48.0 Å². The zero-order valence-corrected chi connectivity index (χ0v) is 13.9. The highest BCUT2D eigenvalue weighted by Gasteiger charge is 2.20. The summed E-state index contributed by atoms with van der Waals surface area (Å²) < 4.78 is 16.4. The van der Waals surface area contributed by atoms with E-state index in [1.54, 1.807) is 18.2 Å². The molecule has 0 aromatic heterocycles. The molecular formula is C19H21NO4. The molecule has 5 heteroatoms. The topological polar surface area (TPSA) is 56.8 Å². The Bertz CT molecular complexity index is 712. The molecule has 1 atom stereocenters. The highest BCUT2D eigenvalue weighted by Crippen LogP contribution is 2.34. The summed E-state index contributed by atoms with van der Waals surface area (Å²) >= 11 is 0. The summed E-state index contributed by atoms with van der Waals surface area (Å²) in [6.07, 6.45) is 0.997. The Hall–Kier alpha value is -2.69. The van der Waals surface area contributed by atoms with Gasteiger partial charge in [0.25, 0.3) is 5.91 Å². The van der Waals surface area contributed by atoms with Gasteiger partial charge < -0.3 is 19.5 Å². The van der Waals surface area contributed by atoms with Gasteiger partial charge in [-0.2, -0.15) is 0 Å². The SMILES string of the molecule is CCc1ccc(O[C@H](CC)C(=O)Nc2ccc3c(c2)OCO3)cc1. The first-order chi connectivity index (χ1) is 11.7. The van der Waals surface area contributed by atoms with Crippen molar-refractivity contribution in [1.29, 1.82) is 0 Å². The maximum atomic E-state index is 12.5. The van der Waals surface area contributed by atoms with Crippen molar-refractivity contribution in [2.75, 3.05) is 12.1 Å². The molecule has 0 aliphatic carbocycles. The monoisotopic (exact) mass is 327 g/mol. The van der Waals surface area contributed by atoms with Crippen LogP contribution in [0.25, 0.3) is 0 Å². The van der Waals surface area contributed by atoms with Crippen LogP contribution in [0.3, 0.4) is 0 Å². The lowest BCUT2D eigenvalue weighted by Gasteiger charge is -2.17. The highest BCUT2D eigenvalue weighted by atomic mass is 16.7. The van der Waals surface area contributed by atoms with Gasteiger partial charge in [0.15, 0.2) is 17.6 Å².